The molecular weight excluding hydrogens is 692 g/mol. The first-order valence-corrected chi connectivity index (χ1v) is 17.9. The average Bonchev–Trinajstić information content (AvgIpc) is 3.60. The smallest absolute Gasteiger partial charge is 0.406 e. The maximum Gasteiger partial charge on any atom is 0.406 e. The predicted octanol–water partition coefficient (Wildman–Crippen LogP) is 5.78. The Hall–Kier alpha value is -5.76. The van der Waals surface area contributed by atoms with Crippen LogP contribution in [0.4, 0.5) is 10.6 Å². The van der Waals surface area contributed by atoms with Crippen LogP contribution in [0.1, 0.15) is 54.1 Å². The lowest BCUT2D eigenvalue weighted by atomic mass is 10.1. The molecule has 0 saturated heterocycles. The molecule has 0 aliphatic heterocycles. The number of benzene rings is 3. The van der Waals surface area contributed by atoms with Crippen LogP contribution in [-0.4, -0.2) is 85.6 Å². The van der Waals surface area contributed by atoms with Gasteiger partial charge >= 0.3 is 12.1 Å². The molecule has 3 aromatic carbocycles. The number of anilines is 1. The third-order valence-corrected chi connectivity index (χ3v) is 8.98. The number of ether oxygens (including phenoxy) is 6. The van der Waals surface area contributed by atoms with Crippen LogP contribution in [0.15, 0.2) is 66.9 Å². The highest BCUT2D eigenvalue weighted by Gasteiger charge is 2.24. The fourth-order valence-corrected chi connectivity index (χ4v) is 6.10. The van der Waals surface area contributed by atoms with Gasteiger partial charge in [-0.25, -0.2) is 14.3 Å². The molecule has 2 aromatic heterocycles. The van der Waals surface area contributed by atoms with Gasteiger partial charge in [-0.15, -0.1) is 5.10 Å². The number of fused-ring (bicyclic) bond motifs is 1. The number of hydrogen-bond acceptors (Lipinski definition) is 12. The number of alkyl carbamates (subject to hydrolysis) is 1. The van der Waals surface area contributed by atoms with Gasteiger partial charge in [-0.2, -0.15) is 4.98 Å². The minimum Gasteiger partial charge on any atom is -0.497 e. The number of carbonyl (C=O) groups excluding carboxylic acids is 1. The molecule has 5 rings (SSSR count). The van der Waals surface area contributed by atoms with Crippen LogP contribution in [0.5, 0.6) is 29.0 Å². The average molecular weight is 743 g/mol. The molecule has 14 heteroatoms. The second-order valence-electron chi connectivity index (χ2n) is 12.6. The summed E-state index contributed by atoms with van der Waals surface area (Å²) in [6, 6.07) is 19.7. The Morgan fingerprint density at radius 2 is 1.50 bits per heavy atom. The summed E-state index contributed by atoms with van der Waals surface area (Å²) in [5, 5.41) is 17.1. The van der Waals surface area contributed by atoms with Crippen LogP contribution in [-0.2, 0) is 30.7 Å². The summed E-state index contributed by atoms with van der Waals surface area (Å²) in [7, 11) is 8.03. The molecule has 0 aliphatic carbocycles. The summed E-state index contributed by atoms with van der Waals surface area (Å²) in [5.74, 6) is 3.19. The third-order valence-electron chi connectivity index (χ3n) is 8.98. The molecule has 288 valence electrons. The van der Waals surface area contributed by atoms with Gasteiger partial charge in [-0.3, -0.25) is 0 Å². The highest BCUT2D eigenvalue weighted by molar-refractivity contribution is 5.67. The van der Waals surface area contributed by atoms with Gasteiger partial charge in [0, 0.05) is 69.3 Å². The molecule has 54 heavy (non-hydrogen) atoms. The molecule has 0 bridgehead atoms. The third kappa shape index (κ3) is 10.0. The van der Waals surface area contributed by atoms with Gasteiger partial charge in [-0.1, -0.05) is 37.6 Å². The number of nitrogens with one attached hydrogen (secondary N) is 1. The summed E-state index contributed by atoms with van der Waals surface area (Å²) in [6.07, 6.45) is 4.23. The zero-order valence-corrected chi connectivity index (χ0v) is 31.8. The number of aromatic nitrogens is 4. The summed E-state index contributed by atoms with van der Waals surface area (Å²) >= 11 is 0. The van der Waals surface area contributed by atoms with E-state index in [2.05, 4.69) is 17.1 Å². The Balaban J connectivity index is 1.59. The van der Waals surface area contributed by atoms with Crippen molar-refractivity contribution in [3.63, 3.8) is 0 Å². The molecule has 2 N–H and O–H groups in total. The van der Waals surface area contributed by atoms with E-state index in [1.54, 1.807) is 39.2 Å². The van der Waals surface area contributed by atoms with E-state index < -0.39 is 6.09 Å². The van der Waals surface area contributed by atoms with Crippen molar-refractivity contribution in [3.8, 4) is 29.0 Å². The molecule has 1 atom stereocenters. The van der Waals surface area contributed by atoms with E-state index in [1.807, 2.05) is 60.7 Å². The topological polar surface area (TPSA) is 151 Å². The number of imidazole rings is 1. The Kier molecular flexibility index (Phi) is 14.1. The monoisotopic (exact) mass is 742 g/mol. The van der Waals surface area contributed by atoms with Crippen molar-refractivity contribution >= 4 is 17.6 Å². The molecule has 0 spiro atoms. The van der Waals surface area contributed by atoms with Crippen LogP contribution >= 0.6 is 0 Å². The lowest BCUT2D eigenvalue weighted by molar-refractivity contribution is 0.133. The van der Waals surface area contributed by atoms with E-state index in [9.17, 15) is 9.90 Å². The first kappa shape index (κ1) is 39.4. The maximum atomic E-state index is 11.4. The van der Waals surface area contributed by atoms with E-state index in [0.29, 0.717) is 66.8 Å². The number of aliphatic hydroxyl groups is 1. The van der Waals surface area contributed by atoms with E-state index in [1.165, 1.54) is 7.05 Å². The van der Waals surface area contributed by atoms with Crippen molar-refractivity contribution < 1.29 is 38.3 Å². The lowest BCUT2D eigenvalue weighted by Gasteiger charge is -2.27. The molecule has 0 aliphatic rings. The van der Waals surface area contributed by atoms with Gasteiger partial charge in [-0.05, 0) is 41.8 Å². The SMILES string of the molecule is CCCC(CCO)Oc1nc(N(Cc2ccc(OC)cc2OC)Cc2ccc(OC)cc2OC)c2ncc(Cc3ccc(CCOC(=O)NC)cc3)n2n1. The van der Waals surface area contributed by atoms with Gasteiger partial charge in [0.2, 0.25) is 0 Å². The second-order valence-corrected chi connectivity index (χ2v) is 12.6. The second kappa shape index (κ2) is 19.4. The Bertz CT molecular complexity index is 1910. The zero-order valence-electron chi connectivity index (χ0n) is 31.8. The van der Waals surface area contributed by atoms with Crippen LogP contribution in [0, 0.1) is 0 Å². The van der Waals surface area contributed by atoms with Gasteiger partial charge in [0.25, 0.3) is 0 Å². The highest BCUT2D eigenvalue weighted by atomic mass is 16.5. The Morgan fingerprint density at radius 1 is 0.870 bits per heavy atom. The number of rotatable bonds is 20. The summed E-state index contributed by atoms with van der Waals surface area (Å²) in [4.78, 5) is 23.4. The van der Waals surface area contributed by atoms with Crippen molar-refractivity contribution in [2.45, 2.75) is 58.2 Å². The minimum atomic E-state index is -0.453. The molecule has 2 heterocycles. The fourth-order valence-electron chi connectivity index (χ4n) is 6.10. The number of carbonyl (C=O) groups is 1. The zero-order chi connectivity index (χ0) is 38.5. The van der Waals surface area contributed by atoms with Crippen LogP contribution < -0.4 is 33.9 Å². The van der Waals surface area contributed by atoms with Crippen molar-refractivity contribution in [2.75, 3.05) is 53.6 Å². The standard InChI is InChI=1S/C40H50N6O8/c1-7-8-32(17-19-47)54-39-43-38(37-42-24-31(46(37)44-39)21-28-11-9-27(10-12-28)18-20-53-40(48)41-2)45(25-29-13-15-33(49-3)22-35(29)51-5)26-30-14-16-34(50-4)23-36(30)52-6/h9-16,22-24,32,47H,7-8,17-21,25-26H2,1-6H3,(H,41,48). The Labute approximate surface area is 315 Å². The quantitative estimate of drug-likeness (QED) is 0.0995. The van der Waals surface area contributed by atoms with Crippen molar-refractivity contribution in [3.05, 3.63) is 94.8 Å². The Morgan fingerprint density at radius 3 is 2.06 bits per heavy atom. The molecule has 0 radical (unpaired) electrons. The van der Waals surface area contributed by atoms with Crippen LogP contribution in [0.3, 0.4) is 0 Å². The number of methoxy groups -OCH3 is 4. The normalized spacial score (nSPS) is 11.5. The molecule has 1 amide bonds. The van der Waals surface area contributed by atoms with E-state index in [0.717, 1.165) is 40.8 Å². The summed E-state index contributed by atoms with van der Waals surface area (Å²) in [6.45, 7) is 3.08. The molecule has 14 nitrogen and oxygen atoms in total. The lowest BCUT2D eigenvalue weighted by Crippen LogP contribution is -2.26. The molecular formula is C40H50N6O8. The van der Waals surface area contributed by atoms with E-state index >= 15 is 0 Å². The van der Waals surface area contributed by atoms with E-state index in [-0.39, 0.29) is 25.3 Å². The highest BCUT2D eigenvalue weighted by Crippen LogP contribution is 2.33. The van der Waals surface area contributed by atoms with E-state index in [4.69, 9.17) is 43.5 Å². The first-order valence-electron chi connectivity index (χ1n) is 17.9. The fraction of sp³-hybridized carbons (Fsp3) is 0.400. The molecule has 5 aromatic rings. The first-order chi connectivity index (χ1) is 26.3. The van der Waals surface area contributed by atoms with Gasteiger partial charge < -0.3 is 43.7 Å². The van der Waals surface area contributed by atoms with Crippen molar-refractivity contribution in [1.29, 1.82) is 0 Å². The van der Waals surface area contributed by atoms with Crippen LogP contribution in [0.2, 0.25) is 0 Å². The van der Waals surface area contributed by atoms with Gasteiger partial charge in [0.1, 0.15) is 29.1 Å². The summed E-state index contributed by atoms with van der Waals surface area (Å²) < 4.78 is 35.9. The minimum absolute atomic E-state index is 0.0231. The van der Waals surface area contributed by atoms with Crippen molar-refractivity contribution in [1.82, 2.24) is 24.9 Å². The largest absolute Gasteiger partial charge is 0.497 e. The van der Waals surface area contributed by atoms with Crippen LogP contribution in [0.25, 0.3) is 5.65 Å². The number of nitrogens with zero attached hydrogens (tertiary/aromatic N) is 5. The van der Waals surface area contributed by atoms with Gasteiger partial charge in [0.05, 0.1) is 46.9 Å². The summed E-state index contributed by atoms with van der Waals surface area (Å²) in [5.41, 5.74) is 5.23. The number of amides is 1. The predicted molar refractivity (Wildman–Crippen MR) is 204 cm³/mol. The van der Waals surface area contributed by atoms with Gasteiger partial charge in [0.15, 0.2) is 11.5 Å². The molecule has 0 saturated carbocycles. The molecule has 0 fully saturated rings. The molecule has 1 unspecified atom stereocenters. The maximum absolute atomic E-state index is 11.4. The van der Waals surface area contributed by atoms with Crippen molar-refractivity contribution in [2.24, 2.45) is 0 Å². The number of aliphatic hydroxyl groups excluding tert-OH is 1. The number of hydrogen-bond donors (Lipinski definition) is 2.